The van der Waals surface area contributed by atoms with Gasteiger partial charge in [0.25, 0.3) is 5.91 Å². The fourth-order valence-electron chi connectivity index (χ4n) is 3.64. The molecule has 160 valence electrons. The minimum absolute atomic E-state index is 0.00759. The highest BCUT2D eigenvalue weighted by Crippen LogP contribution is 2.22. The monoisotopic (exact) mass is 428 g/mol. The maximum atomic E-state index is 12.7. The van der Waals surface area contributed by atoms with Gasteiger partial charge in [0.15, 0.2) is 9.84 Å². The molecule has 7 heteroatoms. The summed E-state index contributed by atoms with van der Waals surface area (Å²) in [6, 6.07) is 13.9. The van der Waals surface area contributed by atoms with Crippen LogP contribution in [0.15, 0.2) is 53.4 Å². The number of aryl methyl sites for hydroxylation is 1. The third-order valence-corrected chi connectivity index (χ3v) is 6.75. The van der Waals surface area contributed by atoms with Gasteiger partial charge in [-0.05, 0) is 56.5 Å². The van der Waals surface area contributed by atoms with Crippen LogP contribution in [0.1, 0.15) is 47.3 Å². The molecular formula is C23H28N2O4S. The summed E-state index contributed by atoms with van der Waals surface area (Å²) in [6.07, 6.45) is 2.43. The van der Waals surface area contributed by atoms with Gasteiger partial charge in [-0.15, -0.1) is 0 Å². The Labute approximate surface area is 178 Å². The molecule has 0 aliphatic carbocycles. The average Bonchev–Trinajstić information content (AvgIpc) is 2.73. The number of carbonyl (C=O) groups excluding carboxylic acids is 2. The Kier molecular flexibility index (Phi) is 6.61. The van der Waals surface area contributed by atoms with E-state index in [9.17, 15) is 18.0 Å². The number of hydrogen-bond donors (Lipinski definition) is 1. The molecule has 0 saturated carbocycles. The number of amides is 2. The minimum Gasteiger partial charge on any atom is -0.349 e. The van der Waals surface area contributed by atoms with Crippen molar-refractivity contribution in [3.8, 4) is 0 Å². The number of nitrogens with zero attached hydrogens (tertiary/aromatic N) is 1. The molecule has 2 aromatic rings. The molecule has 1 atom stereocenters. The van der Waals surface area contributed by atoms with E-state index >= 15 is 0 Å². The summed E-state index contributed by atoms with van der Waals surface area (Å²) in [7, 11) is -3.24. The van der Waals surface area contributed by atoms with E-state index in [0.29, 0.717) is 31.5 Å². The predicted octanol–water partition coefficient (Wildman–Crippen LogP) is 3.13. The topological polar surface area (TPSA) is 83.6 Å². The highest BCUT2D eigenvalue weighted by atomic mass is 32.2. The van der Waals surface area contributed by atoms with Crippen molar-refractivity contribution >= 4 is 21.7 Å². The van der Waals surface area contributed by atoms with Crippen molar-refractivity contribution in [3.05, 3.63) is 65.2 Å². The van der Waals surface area contributed by atoms with Crippen LogP contribution in [0.3, 0.4) is 0 Å². The van der Waals surface area contributed by atoms with E-state index in [0.717, 1.165) is 11.1 Å². The molecule has 0 bridgehead atoms. The van der Waals surface area contributed by atoms with Crippen LogP contribution in [0, 0.1) is 12.8 Å². The van der Waals surface area contributed by atoms with E-state index in [1.807, 2.05) is 43.0 Å². The molecule has 0 spiro atoms. The van der Waals surface area contributed by atoms with Gasteiger partial charge in [-0.3, -0.25) is 9.59 Å². The lowest BCUT2D eigenvalue weighted by Gasteiger charge is -2.32. The van der Waals surface area contributed by atoms with Crippen molar-refractivity contribution in [1.29, 1.82) is 0 Å². The van der Waals surface area contributed by atoms with Gasteiger partial charge in [0.2, 0.25) is 5.91 Å². The SMILES string of the molecule is Cc1ccc(C(=O)N2CCC(C(=O)NC(C)c3ccc(S(C)(=O)=O)cc3)CC2)cc1. The number of piperidine rings is 1. The van der Waals surface area contributed by atoms with Gasteiger partial charge in [-0.1, -0.05) is 29.8 Å². The maximum Gasteiger partial charge on any atom is 0.253 e. The number of sulfone groups is 1. The lowest BCUT2D eigenvalue weighted by atomic mass is 9.94. The van der Waals surface area contributed by atoms with Crippen molar-refractivity contribution < 1.29 is 18.0 Å². The summed E-state index contributed by atoms with van der Waals surface area (Å²) in [5, 5.41) is 3.01. The molecule has 1 N–H and O–H groups in total. The number of carbonyl (C=O) groups is 2. The van der Waals surface area contributed by atoms with E-state index in [1.165, 1.54) is 6.26 Å². The molecule has 0 radical (unpaired) electrons. The van der Waals surface area contributed by atoms with Gasteiger partial charge < -0.3 is 10.2 Å². The van der Waals surface area contributed by atoms with Crippen LogP contribution in [0.25, 0.3) is 0 Å². The molecule has 0 aromatic heterocycles. The molecule has 1 saturated heterocycles. The highest BCUT2D eigenvalue weighted by Gasteiger charge is 2.28. The van der Waals surface area contributed by atoms with Crippen LogP contribution in [-0.2, 0) is 14.6 Å². The minimum atomic E-state index is -3.24. The fraction of sp³-hybridized carbons (Fsp3) is 0.391. The molecule has 1 aliphatic rings. The molecule has 3 rings (SSSR count). The van der Waals surface area contributed by atoms with E-state index in [4.69, 9.17) is 0 Å². The van der Waals surface area contributed by atoms with Crippen molar-refractivity contribution in [2.45, 2.75) is 37.6 Å². The molecule has 6 nitrogen and oxygen atoms in total. The second-order valence-electron chi connectivity index (χ2n) is 8.00. The lowest BCUT2D eigenvalue weighted by Crippen LogP contribution is -2.43. The van der Waals surface area contributed by atoms with Gasteiger partial charge >= 0.3 is 0 Å². The Morgan fingerprint density at radius 1 is 1.00 bits per heavy atom. The zero-order valence-electron chi connectivity index (χ0n) is 17.6. The number of rotatable bonds is 5. The summed E-state index contributed by atoms with van der Waals surface area (Å²) >= 11 is 0. The van der Waals surface area contributed by atoms with Gasteiger partial charge in [-0.2, -0.15) is 0 Å². The molecule has 1 heterocycles. The smallest absolute Gasteiger partial charge is 0.253 e. The fourth-order valence-corrected chi connectivity index (χ4v) is 4.27. The van der Waals surface area contributed by atoms with Crippen LogP contribution in [0.4, 0.5) is 0 Å². The summed E-state index contributed by atoms with van der Waals surface area (Å²) < 4.78 is 23.2. The predicted molar refractivity (Wildman–Crippen MR) is 116 cm³/mol. The van der Waals surface area contributed by atoms with Crippen LogP contribution < -0.4 is 5.32 Å². The average molecular weight is 429 g/mol. The Bertz CT molecular complexity index is 1010. The number of hydrogen-bond acceptors (Lipinski definition) is 4. The Balaban J connectivity index is 1.53. The first-order valence-corrected chi connectivity index (χ1v) is 12.0. The second-order valence-corrected chi connectivity index (χ2v) is 10.0. The molecule has 1 fully saturated rings. The first-order chi connectivity index (χ1) is 14.1. The maximum absolute atomic E-state index is 12.7. The molecular weight excluding hydrogens is 400 g/mol. The van der Waals surface area contributed by atoms with Crippen LogP contribution in [0.5, 0.6) is 0 Å². The third kappa shape index (κ3) is 5.27. The second kappa shape index (κ2) is 9.00. The van der Waals surface area contributed by atoms with Crippen molar-refractivity contribution in [3.63, 3.8) is 0 Å². The van der Waals surface area contributed by atoms with Crippen molar-refractivity contribution in [1.82, 2.24) is 10.2 Å². The third-order valence-electron chi connectivity index (χ3n) is 5.62. The highest BCUT2D eigenvalue weighted by molar-refractivity contribution is 7.90. The van der Waals surface area contributed by atoms with Crippen LogP contribution in [0.2, 0.25) is 0 Å². The lowest BCUT2D eigenvalue weighted by molar-refractivity contribution is -0.127. The molecule has 1 unspecified atom stereocenters. The summed E-state index contributed by atoms with van der Waals surface area (Å²) in [4.78, 5) is 27.4. The van der Waals surface area contributed by atoms with E-state index < -0.39 is 9.84 Å². The first kappa shape index (κ1) is 22.0. The van der Waals surface area contributed by atoms with Crippen LogP contribution in [-0.4, -0.2) is 44.5 Å². The van der Waals surface area contributed by atoms with E-state index in [2.05, 4.69) is 5.32 Å². The molecule has 1 aliphatic heterocycles. The van der Waals surface area contributed by atoms with Crippen LogP contribution >= 0.6 is 0 Å². The summed E-state index contributed by atoms with van der Waals surface area (Å²) in [6.45, 7) is 4.98. The van der Waals surface area contributed by atoms with Crippen molar-refractivity contribution in [2.24, 2.45) is 5.92 Å². The zero-order chi connectivity index (χ0) is 21.9. The van der Waals surface area contributed by atoms with Crippen molar-refractivity contribution in [2.75, 3.05) is 19.3 Å². The largest absolute Gasteiger partial charge is 0.349 e. The number of likely N-dealkylation sites (tertiary alicyclic amines) is 1. The Morgan fingerprint density at radius 2 is 1.57 bits per heavy atom. The summed E-state index contributed by atoms with van der Waals surface area (Å²) in [5.41, 5.74) is 2.64. The molecule has 30 heavy (non-hydrogen) atoms. The Morgan fingerprint density at radius 3 is 2.10 bits per heavy atom. The molecule has 2 aromatic carbocycles. The van der Waals surface area contributed by atoms with E-state index in [1.54, 1.807) is 24.3 Å². The first-order valence-electron chi connectivity index (χ1n) is 10.1. The van der Waals surface area contributed by atoms with Gasteiger partial charge in [0.05, 0.1) is 10.9 Å². The number of benzene rings is 2. The normalized spacial score (nSPS) is 16.2. The van der Waals surface area contributed by atoms with Gasteiger partial charge in [0, 0.05) is 30.8 Å². The van der Waals surface area contributed by atoms with Gasteiger partial charge in [0.1, 0.15) is 0 Å². The van der Waals surface area contributed by atoms with E-state index in [-0.39, 0.29) is 28.7 Å². The quantitative estimate of drug-likeness (QED) is 0.793. The van der Waals surface area contributed by atoms with Gasteiger partial charge in [-0.25, -0.2) is 8.42 Å². The zero-order valence-corrected chi connectivity index (χ0v) is 18.4. The Hall–Kier alpha value is -2.67. The number of nitrogens with one attached hydrogen (secondary N) is 1. The standard InChI is InChI=1S/C23H28N2O4S/c1-16-4-6-20(7-5-16)23(27)25-14-12-19(13-15-25)22(26)24-17(2)18-8-10-21(11-9-18)30(3,28)29/h4-11,17,19H,12-15H2,1-3H3,(H,24,26). The molecule has 2 amide bonds. The summed E-state index contributed by atoms with van der Waals surface area (Å²) in [5.74, 6) is -0.157.